The van der Waals surface area contributed by atoms with E-state index in [0.717, 1.165) is 5.56 Å². The van der Waals surface area contributed by atoms with Crippen LogP contribution >= 0.6 is 0 Å². The highest BCUT2D eigenvalue weighted by atomic mass is 16.5. The molecule has 2 aromatic carbocycles. The Morgan fingerprint density at radius 1 is 0.920 bits per heavy atom. The van der Waals surface area contributed by atoms with Crippen LogP contribution in [0, 0.1) is 0 Å². The summed E-state index contributed by atoms with van der Waals surface area (Å²) in [5, 5.41) is 9.75. The Labute approximate surface area is 146 Å². The molecule has 1 N–H and O–H groups in total. The van der Waals surface area contributed by atoms with Gasteiger partial charge < -0.3 is 24.1 Å². The van der Waals surface area contributed by atoms with Crippen LogP contribution in [-0.4, -0.2) is 38.8 Å². The molecule has 0 spiro atoms. The Bertz CT molecular complexity index is 741. The van der Waals surface area contributed by atoms with Gasteiger partial charge in [0.05, 0.1) is 27.9 Å². The molecule has 1 unspecified atom stereocenters. The molecule has 2 rings (SSSR count). The number of aliphatic hydroxyl groups excluding tert-OH is 1. The van der Waals surface area contributed by atoms with E-state index in [0.29, 0.717) is 28.6 Å². The molecule has 0 amide bonds. The minimum absolute atomic E-state index is 0.0663. The van der Waals surface area contributed by atoms with Gasteiger partial charge in [-0.05, 0) is 42.8 Å². The molecule has 1 atom stereocenters. The van der Waals surface area contributed by atoms with E-state index in [-0.39, 0.29) is 12.4 Å². The average molecular weight is 346 g/mol. The van der Waals surface area contributed by atoms with Crippen LogP contribution in [0.2, 0.25) is 0 Å². The molecule has 0 saturated heterocycles. The first kappa shape index (κ1) is 18.6. The summed E-state index contributed by atoms with van der Waals surface area (Å²) in [5.41, 5.74) is 1.24. The fraction of sp³-hybridized carbons (Fsp3) is 0.316. The Morgan fingerprint density at radius 3 is 2.08 bits per heavy atom. The lowest BCUT2D eigenvalue weighted by atomic mass is 10.1. The van der Waals surface area contributed by atoms with Crippen molar-refractivity contribution in [3.05, 3.63) is 47.5 Å². The molecule has 0 heterocycles. The van der Waals surface area contributed by atoms with E-state index in [4.69, 9.17) is 18.9 Å². The SMILES string of the molecule is COc1ccc(C(CO)Oc2ccc(C(C)=O)cc2OC)cc1OC. The first-order chi connectivity index (χ1) is 12.0. The van der Waals surface area contributed by atoms with Crippen LogP contribution in [0.25, 0.3) is 0 Å². The van der Waals surface area contributed by atoms with Gasteiger partial charge in [0.2, 0.25) is 0 Å². The first-order valence-electron chi connectivity index (χ1n) is 7.72. The highest BCUT2D eigenvalue weighted by molar-refractivity contribution is 5.94. The number of carbonyl (C=O) groups excluding carboxylic acids is 1. The van der Waals surface area contributed by atoms with Crippen molar-refractivity contribution in [2.24, 2.45) is 0 Å². The number of ketones is 1. The molecule has 0 bridgehead atoms. The highest BCUT2D eigenvalue weighted by Crippen LogP contribution is 2.35. The quantitative estimate of drug-likeness (QED) is 0.741. The maximum absolute atomic E-state index is 11.5. The fourth-order valence-electron chi connectivity index (χ4n) is 2.40. The van der Waals surface area contributed by atoms with Crippen molar-refractivity contribution in [3.8, 4) is 23.0 Å². The van der Waals surface area contributed by atoms with E-state index >= 15 is 0 Å². The predicted octanol–water partition coefficient (Wildman–Crippen LogP) is 3.03. The molecule has 0 radical (unpaired) electrons. The third-order valence-corrected chi connectivity index (χ3v) is 3.78. The molecule has 0 aromatic heterocycles. The van der Waals surface area contributed by atoms with Gasteiger partial charge >= 0.3 is 0 Å². The van der Waals surface area contributed by atoms with Crippen LogP contribution in [0.3, 0.4) is 0 Å². The second kappa shape index (κ2) is 8.39. The van der Waals surface area contributed by atoms with Crippen molar-refractivity contribution in [1.82, 2.24) is 0 Å². The molecular formula is C19H22O6. The summed E-state index contributed by atoms with van der Waals surface area (Å²) in [5.74, 6) is 1.92. The molecular weight excluding hydrogens is 324 g/mol. The lowest BCUT2D eigenvalue weighted by Gasteiger charge is -2.20. The third kappa shape index (κ3) is 4.22. The van der Waals surface area contributed by atoms with Gasteiger partial charge in [-0.15, -0.1) is 0 Å². The monoisotopic (exact) mass is 346 g/mol. The second-order valence-corrected chi connectivity index (χ2v) is 5.33. The Hall–Kier alpha value is -2.73. The maximum atomic E-state index is 11.5. The van der Waals surface area contributed by atoms with Gasteiger partial charge in [0, 0.05) is 5.56 Å². The number of Topliss-reactive ketones (excluding diaryl/α,β-unsaturated/α-hetero) is 1. The van der Waals surface area contributed by atoms with Gasteiger partial charge in [-0.2, -0.15) is 0 Å². The van der Waals surface area contributed by atoms with E-state index in [9.17, 15) is 9.90 Å². The maximum Gasteiger partial charge on any atom is 0.162 e. The zero-order chi connectivity index (χ0) is 18.4. The van der Waals surface area contributed by atoms with E-state index in [1.807, 2.05) is 0 Å². The van der Waals surface area contributed by atoms with E-state index in [1.165, 1.54) is 14.0 Å². The summed E-state index contributed by atoms with van der Waals surface area (Å²) in [6.45, 7) is 1.24. The molecule has 0 aliphatic heterocycles. The Kier molecular flexibility index (Phi) is 6.25. The molecule has 0 aliphatic rings. The molecule has 2 aromatic rings. The zero-order valence-electron chi connectivity index (χ0n) is 14.7. The number of carbonyl (C=O) groups is 1. The number of hydrogen-bond acceptors (Lipinski definition) is 6. The summed E-state index contributed by atoms with van der Waals surface area (Å²) in [6.07, 6.45) is -0.628. The van der Waals surface area contributed by atoms with Gasteiger partial charge in [-0.3, -0.25) is 4.79 Å². The summed E-state index contributed by atoms with van der Waals surface area (Å²) in [7, 11) is 4.59. The summed E-state index contributed by atoms with van der Waals surface area (Å²) in [4.78, 5) is 11.5. The first-order valence-corrected chi connectivity index (χ1v) is 7.72. The number of rotatable bonds is 8. The fourth-order valence-corrected chi connectivity index (χ4v) is 2.40. The van der Waals surface area contributed by atoms with Crippen LogP contribution in [-0.2, 0) is 0 Å². The van der Waals surface area contributed by atoms with Gasteiger partial charge in [0.15, 0.2) is 28.8 Å². The molecule has 0 saturated carbocycles. The van der Waals surface area contributed by atoms with Gasteiger partial charge in [-0.25, -0.2) is 0 Å². The minimum atomic E-state index is -0.628. The van der Waals surface area contributed by atoms with Crippen molar-refractivity contribution in [2.75, 3.05) is 27.9 Å². The second-order valence-electron chi connectivity index (χ2n) is 5.33. The average Bonchev–Trinajstić information content (AvgIpc) is 2.65. The van der Waals surface area contributed by atoms with Crippen molar-refractivity contribution >= 4 is 5.78 Å². The number of hydrogen-bond donors (Lipinski definition) is 1. The van der Waals surface area contributed by atoms with E-state index < -0.39 is 6.10 Å². The smallest absolute Gasteiger partial charge is 0.162 e. The Morgan fingerprint density at radius 2 is 1.52 bits per heavy atom. The van der Waals surface area contributed by atoms with Crippen LogP contribution in [0.1, 0.15) is 28.9 Å². The van der Waals surface area contributed by atoms with Crippen LogP contribution in [0.15, 0.2) is 36.4 Å². The summed E-state index contributed by atoms with van der Waals surface area (Å²) in [6, 6.07) is 10.2. The topological polar surface area (TPSA) is 74.2 Å². The molecule has 134 valence electrons. The molecule has 0 fully saturated rings. The van der Waals surface area contributed by atoms with E-state index in [2.05, 4.69) is 0 Å². The highest BCUT2D eigenvalue weighted by Gasteiger charge is 2.18. The van der Waals surface area contributed by atoms with Gasteiger partial charge in [0.1, 0.15) is 6.10 Å². The lowest BCUT2D eigenvalue weighted by Crippen LogP contribution is -2.13. The third-order valence-electron chi connectivity index (χ3n) is 3.78. The molecule has 6 nitrogen and oxygen atoms in total. The van der Waals surface area contributed by atoms with E-state index in [1.54, 1.807) is 50.6 Å². The van der Waals surface area contributed by atoms with Crippen molar-refractivity contribution in [3.63, 3.8) is 0 Å². The summed E-state index contributed by atoms with van der Waals surface area (Å²) < 4.78 is 21.7. The number of aliphatic hydroxyl groups is 1. The Balaban J connectivity index is 2.32. The zero-order valence-corrected chi connectivity index (χ0v) is 14.7. The number of ether oxygens (including phenoxy) is 4. The lowest BCUT2D eigenvalue weighted by molar-refractivity contribution is 0.101. The predicted molar refractivity (Wildman–Crippen MR) is 93.0 cm³/mol. The van der Waals surface area contributed by atoms with Crippen LogP contribution in [0.4, 0.5) is 0 Å². The standard InChI is InChI=1S/C19H22O6/c1-12(21)13-5-8-16(18(9-13)24-4)25-19(11-20)14-6-7-15(22-2)17(10-14)23-3/h5-10,19-20H,11H2,1-4H3. The van der Waals surface area contributed by atoms with Crippen molar-refractivity contribution < 1.29 is 28.8 Å². The molecule has 0 aliphatic carbocycles. The van der Waals surface area contributed by atoms with Gasteiger partial charge in [0.25, 0.3) is 0 Å². The van der Waals surface area contributed by atoms with Crippen LogP contribution in [0.5, 0.6) is 23.0 Å². The normalized spacial score (nSPS) is 11.6. The number of methoxy groups -OCH3 is 3. The minimum Gasteiger partial charge on any atom is -0.493 e. The van der Waals surface area contributed by atoms with Crippen molar-refractivity contribution in [2.45, 2.75) is 13.0 Å². The largest absolute Gasteiger partial charge is 0.493 e. The van der Waals surface area contributed by atoms with Crippen molar-refractivity contribution in [1.29, 1.82) is 0 Å². The molecule has 25 heavy (non-hydrogen) atoms. The number of benzene rings is 2. The van der Waals surface area contributed by atoms with Gasteiger partial charge in [-0.1, -0.05) is 6.07 Å². The summed E-state index contributed by atoms with van der Waals surface area (Å²) >= 11 is 0. The van der Waals surface area contributed by atoms with Crippen LogP contribution < -0.4 is 18.9 Å². The molecule has 6 heteroatoms.